The summed E-state index contributed by atoms with van der Waals surface area (Å²) in [5.74, 6) is 1.12. The van der Waals surface area contributed by atoms with Gasteiger partial charge in [-0.15, -0.1) is 0 Å². The molecule has 0 aromatic heterocycles. The Morgan fingerprint density at radius 3 is 2.33 bits per heavy atom. The molecule has 0 aliphatic heterocycles. The molecule has 2 fully saturated rings. The normalized spacial score (nSPS) is 29.3. The van der Waals surface area contributed by atoms with Crippen LogP contribution in [0.4, 0.5) is 0 Å². The number of hydrogen-bond donors (Lipinski definition) is 0. The van der Waals surface area contributed by atoms with E-state index >= 15 is 0 Å². The Kier molecular flexibility index (Phi) is 3.17. The van der Waals surface area contributed by atoms with Gasteiger partial charge in [0.05, 0.1) is 0 Å². The number of hydrogen-bond acceptors (Lipinski definition) is 1. The molecule has 0 radical (unpaired) electrons. The summed E-state index contributed by atoms with van der Waals surface area (Å²) >= 11 is 3.85. The van der Waals surface area contributed by atoms with E-state index in [-0.39, 0.29) is 0 Å². The Labute approximate surface area is 118 Å². The van der Waals surface area contributed by atoms with E-state index < -0.39 is 0 Å². The van der Waals surface area contributed by atoms with Gasteiger partial charge in [0, 0.05) is 10.2 Å². The van der Waals surface area contributed by atoms with Crippen molar-refractivity contribution in [1.82, 2.24) is 0 Å². The minimum absolute atomic E-state index is 0.421. The second kappa shape index (κ2) is 4.56. The highest BCUT2D eigenvalue weighted by Crippen LogP contribution is 2.57. The van der Waals surface area contributed by atoms with Crippen LogP contribution in [0.15, 0.2) is 18.2 Å². The first-order chi connectivity index (χ1) is 8.63. The molecule has 2 unspecified atom stereocenters. The van der Waals surface area contributed by atoms with E-state index in [1.165, 1.54) is 36.8 Å². The summed E-state index contributed by atoms with van der Waals surface area (Å²) in [4.78, 5) is 0.668. The highest BCUT2D eigenvalue weighted by Gasteiger charge is 2.56. The predicted octanol–water partition coefficient (Wildman–Crippen LogP) is 4.78. The van der Waals surface area contributed by atoms with Crippen molar-refractivity contribution in [2.75, 3.05) is 0 Å². The molecule has 0 saturated heterocycles. The third-order valence-corrected chi connectivity index (χ3v) is 6.18. The van der Waals surface area contributed by atoms with Crippen LogP contribution in [0.5, 0.6) is 5.75 Å². The van der Waals surface area contributed by atoms with E-state index in [9.17, 15) is 0 Å². The number of ether oxygens (including phenoxy) is 1. The summed E-state index contributed by atoms with van der Waals surface area (Å²) in [5, 5.41) is 0. The topological polar surface area (TPSA) is 9.23 Å². The molecular weight excluding hydrogens is 288 g/mol. The lowest BCUT2D eigenvalue weighted by molar-refractivity contribution is -0.0311. The van der Waals surface area contributed by atoms with Gasteiger partial charge in [0.2, 0.25) is 0 Å². The van der Waals surface area contributed by atoms with Crippen molar-refractivity contribution >= 4 is 15.9 Å². The lowest BCUT2D eigenvalue weighted by atomic mass is 9.64. The quantitative estimate of drug-likeness (QED) is 0.715. The maximum absolute atomic E-state index is 6.39. The lowest BCUT2D eigenvalue weighted by Gasteiger charge is -2.51. The van der Waals surface area contributed by atoms with Gasteiger partial charge in [-0.05, 0) is 44.2 Å². The van der Waals surface area contributed by atoms with E-state index in [1.54, 1.807) is 0 Å². The van der Waals surface area contributed by atoms with Gasteiger partial charge in [0.25, 0.3) is 0 Å². The van der Waals surface area contributed by atoms with Crippen LogP contribution in [0.1, 0.15) is 43.2 Å². The molecule has 1 aromatic carbocycles. The van der Waals surface area contributed by atoms with Gasteiger partial charge in [0.1, 0.15) is 11.9 Å². The summed E-state index contributed by atoms with van der Waals surface area (Å²) in [6.45, 7) is 4.29. The van der Waals surface area contributed by atoms with Gasteiger partial charge >= 0.3 is 0 Å². The summed E-state index contributed by atoms with van der Waals surface area (Å²) in [6.07, 6.45) is 6.98. The van der Waals surface area contributed by atoms with E-state index in [2.05, 4.69) is 48.0 Å². The van der Waals surface area contributed by atoms with Crippen molar-refractivity contribution < 1.29 is 4.74 Å². The van der Waals surface area contributed by atoms with Crippen LogP contribution in [0.2, 0.25) is 0 Å². The highest BCUT2D eigenvalue weighted by molar-refractivity contribution is 9.09. The van der Waals surface area contributed by atoms with Crippen molar-refractivity contribution in [2.24, 2.45) is 5.41 Å². The summed E-state index contributed by atoms with van der Waals surface area (Å²) in [6, 6.07) is 6.40. The van der Waals surface area contributed by atoms with E-state index in [4.69, 9.17) is 4.74 Å². The van der Waals surface area contributed by atoms with Gasteiger partial charge in [-0.25, -0.2) is 0 Å². The van der Waals surface area contributed by atoms with Gasteiger partial charge in [-0.3, -0.25) is 0 Å². The molecule has 1 aromatic rings. The first-order valence-electron chi connectivity index (χ1n) is 7.00. The fourth-order valence-corrected chi connectivity index (χ4v) is 4.75. The van der Waals surface area contributed by atoms with E-state index in [1.807, 2.05) is 0 Å². The number of benzene rings is 1. The Hall–Kier alpha value is -0.500. The second-order valence-electron chi connectivity index (χ2n) is 5.97. The van der Waals surface area contributed by atoms with Crippen molar-refractivity contribution in [3.05, 3.63) is 29.3 Å². The van der Waals surface area contributed by atoms with Crippen LogP contribution in [0, 0.1) is 19.3 Å². The highest BCUT2D eigenvalue weighted by atomic mass is 79.9. The Morgan fingerprint density at radius 1 is 1.17 bits per heavy atom. The lowest BCUT2D eigenvalue weighted by Crippen LogP contribution is -2.55. The van der Waals surface area contributed by atoms with E-state index in [0.717, 1.165) is 12.2 Å². The maximum atomic E-state index is 6.39. The van der Waals surface area contributed by atoms with Gasteiger partial charge < -0.3 is 4.74 Å². The van der Waals surface area contributed by atoms with Crippen LogP contribution in [0.25, 0.3) is 0 Å². The van der Waals surface area contributed by atoms with Crippen LogP contribution < -0.4 is 4.74 Å². The van der Waals surface area contributed by atoms with Crippen molar-refractivity contribution in [3.63, 3.8) is 0 Å². The van der Waals surface area contributed by atoms with Crippen molar-refractivity contribution in [3.8, 4) is 5.75 Å². The Bertz CT molecular complexity index is 428. The number of aryl methyl sites for hydroxylation is 2. The molecule has 2 aliphatic carbocycles. The minimum Gasteiger partial charge on any atom is -0.489 e. The monoisotopic (exact) mass is 308 g/mol. The molecule has 0 amide bonds. The molecule has 1 nitrogen and oxygen atoms in total. The summed E-state index contributed by atoms with van der Waals surface area (Å²) < 4.78 is 6.39. The van der Waals surface area contributed by atoms with Crippen LogP contribution in [-0.4, -0.2) is 10.9 Å². The van der Waals surface area contributed by atoms with Gasteiger partial charge in [-0.1, -0.05) is 47.0 Å². The number of alkyl halides is 1. The van der Waals surface area contributed by atoms with Gasteiger partial charge in [-0.2, -0.15) is 0 Å². The molecule has 0 bridgehead atoms. The Morgan fingerprint density at radius 2 is 1.78 bits per heavy atom. The standard InChI is InChI=1S/C16H21BrO/c1-11-6-5-7-12(2)15(11)18-14-10-13(17)16(14)8-3-4-9-16/h5-7,13-14H,3-4,8-10H2,1-2H3. The SMILES string of the molecule is Cc1cccc(C)c1OC1CC(Br)C12CCCC2. The number of para-hydroxylation sites is 1. The first-order valence-corrected chi connectivity index (χ1v) is 7.92. The third-order valence-electron chi connectivity index (χ3n) is 4.89. The van der Waals surface area contributed by atoms with Crippen LogP contribution in [0.3, 0.4) is 0 Å². The molecular formula is C16H21BrO. The molecule has 18 heavy (non-hydrogen) atoms. The fraction of sp³-hybridized carbons (Fsp3) is 0.625. The number of rotatable bonds is 2. The molecule has 2 saturated carbocycles. The smallest absolute Gasteiger partial charge is 0.125 e. The average molecular weight is 309 g/mol. The van der Waals surface area contributed by atoms with Crippen molar-refractivity contribution in [2.45, 2.75) is 56.9 Å². The fourth-order valence-electron chi connectivity index (χ4n) is 3.66. The predicted molar refractivity (Wildman–Crippen MR) is 78.6 cm³/mol. The largest absolute Gasteiger partial charge is 0.489 e. The maximum Gasteiger partial charge on any atom is 0.125 e. The molecule has 3 rings (SSSR count). The molecule has 0 N–H and O–H groups in total. The van der Waals surface area contributed by atoms with Crippen molar-refractivity contribution in [1.29, 1.82) is 0 Å². The second-order valence-corrected chi connectivity index (χ2v) is 7.08. The molecule has 2 heteroatoms. The first kappa shape index (κ1) is 12.5. The summed E-state index contributed by atoms with van der Waals surface area (Å²) in [5.41, 5.74) is 2.96. The van der Waals surface area contributed by atoms with Gasteiger partial charge in [0.15, 0.2) is 0 Å². The average Bonchev–Trinajstić information content (AvgIpc) is 2.84. The number of halogens is 1. The zero-order chi connectivity index (χ0) is 12.8. The van der Waals surface area contributed by atoms with Crippen LogP contribution in [-0.2, 0) is 0 Å². The van der Waals surface area contributed by atoms with E-state index in [0.29, 0.717) is 16.3 Å². The molecule has 2 aliphatic rings. The summed E-state index contributed by atoms with van der Waals surface area (Å²) in [7, 11) is 0. The molecule has 2 atom stereocenters. The third kappa shape index (κ3) is 1.80. The Balaban J connectivity index is 1.81. The zero-order valence-corrected chi connectivity index (χ0v) is 12.8. The molecule has 98 valence electrons. The zero-order valence-electron chi connectivity index (χ0n) is 11.2. The minimum atomic E-state index is 0.421. The van der Waals surface area contributed by atoms with Crippen LogP contribution >= 0.6 is 15.9 Å². The molecule has 0 heterocycles. The molecule has 1 spiro atoms.